The van der Waals surface area contributed by atoms with E-state index in [2.05, 4.69) is 26.0 Å². The third kappa shape index (κ3) is 2.59. The van der Waals surface area contributed by atoms with Crippen LogP contribution >= 0.6 is 0 Å². The van der Waals surface area contributed by atoms with Crippen LogP contribution in [0.3, 0.4) is 0 Å². The second-order valence-corrected chi connectivity index (χ2v) is 5.18. The molecule has 0 spiro atoms. The quantitative estimate of drug-likeness (QED) is 0.716. The third-order valence-electron chi connectivity index (χ3n) is 4.07. The van der Waals surface area contributed by atoms with Gasteiger partial charge in [-0.2, -0.15) is 0 Å². The molecule has 0 aromatic heterocycles. The lowest BCUT2D eigenvalue weighted by Gasteiger charge is -2.17. The largest absolute Gasteiger partial charge is 0.303 e. The van der Waals surface area contributed by atoms with E-state index in [9.17, 15) is 4.79 Å². The molecule has 0 radical (unpaired) electrons. The average molecular weight is 230 g/mol. The Labute approximate surface area is 104 Å². The van der Waals surface area contributed by atoms with Crippen LogP contribution in [0.2, 0.25) is 0 Å². The molecule has 0 N–H and O–H groups in total. The van der Waals surface area contributed by atoms with Crippen molar-refractivity contribution in [2.24, 2.45) is 0 Å². The molecule has 0 saturated heterocycles. The smallest absolute Gasteiger partial charge is 0.124 e. The van der Waals surface area contributed by atoms with Gasteiger partial charge in [0, 0.05) is 6.42 Å². The third-order valence-corrected chi connectivity index (χ3v) is 4.07. The van der Waals surface area contributed by atoms with E-state index < -0.39 is 0 Å². The molecule has 1 aliphatic rings. The van der Waals surface area contributed by atoms with E-state index in [0.717, 1.165) is 18.6 Å². The highest BCUT2D eigenvalue weighted by atomic mass is 16.1. The first kappa shape index (κ1) is 12.3. The first-order chi connectivity index (χ1) is 8.26. The summed E-state index contributed by atoms with van der Waals surface area (Å²) in [6.45, 7) is 4.38. The summed E-state index contributed by atoms with van der Waals surface area (Å²) in [5, 5.41) is 0. The van der Waals surface area contributed by atoms with E-state index in [0.29, 0.717) is 6.42 Å². The number of hydrogen-bond acceptors (Lipinski definition) is 1. The number of carbonyl (C=O) groups is 1. The van der Waals surface area contributed by atoms with Gasteiger partial charge in [0.1, 0.15) is 6.29 Å². The molecule has 17 heavy (non-hydrogen) atoms. The zero-order valence-corrected chi connectivity index (χ0v) is 11.0. The van der Waals surface area contributed by atoms with Crippen molar-refractivity contribution in [3.05, 3.63) is 34.4 Å². The summed E-state index contributed by atoms with van der Waals surface area (Å²) in [7, 11) is 0. The number of hydrogen-bond donors (Lipinski definition) is 0. The van der Waals surface area contributed by atoms with Crippen molar-refractivity contribution in [3.63, 3.8) is 0 Å². The number of carbonyl (C=O) groups excluding carboxylic acids is 1. The summed E-state index contributed by atoms with van der Waals surface area (Å²) in [4.78, 5) is 10.8. The molecule has 1 fully saturated rings. The minimum absolute atomic E-state index is 0.573. The van der Waals surface area contributed by atoms with Gasteiger partial charge in [-0.3, -0.25) is 0 Å². The Balaban J connectivity index is 2.37. The molecule has 0 atom stereocenters. The Morgan fingerprint density at radius 1 is 1.24 bits per heavy atom. The highest BCUT2D eigenvalue weighted by Crippen LogP contribution is 2.36. The molecule has 1 heteroatoms. The molecule has 0 bridgehead atoms. The molecule has 1 nitrogen and oxygen atoms in total. The van der Waals surface area contributed by atoms with E-state index in [1.54, 1.807) is 0 Å². The molecule has 0 heterocycles. The molecule has 0 unspecified atom stereocenters. The summed E-state index contributed by atoms with van der Waals surface area (Å²) >= 11 is 0. The maximum absolute atomic E-state index is 10.8. The van der Waals surface area contributed by atoms with Crippen LogP contribution in [0.5, 0.6) is 0 Å². The second-order valence-electron chi connectivity index (χ2n) is 5.18. The first-order valence-corrected chi connectivity index (χ1v) is 6.82. The maximum atomic E-state index is 10.8. The summed E-state index contributed by atoms with van der Waals surface area (Å²) in [6, 6.07) is 4.60. The molecule has 0 aliphatic heterocycles. The lowest BCUT2D eigenvalue weighted by Crippen LogP contribution is -2.02. The zero-order valence-electron chi connectivity index (χ0n) is 11.0. The predicted octanol–water partition coefficient (Wildman–Crippen LogP) is 3.96. The van der Waals surface area contributed by atoms with Gasteiger partial charge in [-0.05, 0) is 54.4 Å². The SMILES string of the molecule is CCc1cc(C)c(C2CCCC2)cc1CC=O. The zero-order chi connectivity index (χ0) is 12.3. The van der Waals surface area contributed by atoms with Crippen LogP contribution in [-0.4, -0.2) is 6.29 Å². The topological polar surface area (TPSA) is 17.1 Å². The fourth-order valence-corrected chi connectivity index (χ4v) is 3.12. The van der Waals surface area contributed by atoms with Gasteiger partial charge < -0.3 is 4.79 Å². The van der Waals surface area contributed by atoms with Crippen molar-refractivity contribution in [1.29, 1.82) is 0 Å². The van der Waals surface area contributed by atoms with Gasteiger partial charge in [0.2, 0.25) is 0 Å². The van der Waals surface area contributed by atoms with Gasteiger partial charge in [-0.15, -0.1) is 0 Å². The summed E-state index contributed by atoms with van der Waals surface area (Å²) in [5.74, 6) is 0.742. The Morgan fingerprint density at radius 3 is 2.53 bits per heavy atom. The van der Waals surface area contributed by atoms with Crippen LogP contribution in [-0.2, 0) is 17.6 Å². The molecule has 0 amide bonds. The van der Waals surface area contributed by atoms with Gasteiger partial charge in [-0.1, -0.05) is 31.9 Å². The van der Waals surface area contributed by atoms with Gasteiger partial charge in [-0.25, -0.2) is 0 Å². The van der Waals surface area contributed by atoms with Gasteiger partial charge in [0.05, 0.1) is 0 Å². The van der Waals surface area contributed by atoms with Crippen molar-refractivity contribution in [2.45, 2.75) is 58.3 Å². The van der Waals surface area contributed by atoms with Crippen LogP contribution in [0.1, 0.15) is 60.8 Å². The minimum atomic E-state index is 0.573. The highest BCUT2D eigenvalue weighted by molar-refractivity contribution is 5.57. The number of benzene rings is 1. The van der Waals surface area contributed by atoms with Crippen LogP contribution in [0.4, 0.5) is 0 Å². The van der Waals surface area contributed by atoms with Crippen LogP contribution in [0.15, 0.2) is 12.1 Å². The molecule has 2 rings (SSSR count). The lowest BCUT2D eigenvalue weighted by molar-refractivity contribution is -0.107. The molecule has 1 aromatic rings. The normalized spacial score (nSPS) is 16.4. The Kier molecular flexibility index (Phi) is 3.98. The summed E-state index contributed by atoms with van der Waals surface area (Å²) in [5.41, 5.74) is 5.51. The van der Waals surface area contributed by atoms with Crippen molar-refractivity contribution >= 4 is 6.29 Å². The van der Waals surface area contributed by atoms with Crippen molar-refractivity contribution in [3.8, 4) is 0 Å². The number of rotatable bonds is 4. The van der Waals surface area contributed by atoms with Crippen LogP contribution < -0.4 is 0 Å². The van der Waals surface area contributed by atoms with E-state index in [4.69, 9.17) is 0 Å². The van der Waals surface area contributed by atoms with Crippen molar-refractivity contribution in [1.82, 2.24) is 0 Å². The molecular weight excluding hydrogens is 208 g/mol. The van der Waals surface area contributed by atoms with Gasteiger partial charge in [0.25, 0.3) is 0 Å². The first-order valence-electron chi connectivity index (χ1n) is 6.82. The fourth-order valence-electron chi connectivity index (χ4n) is 3.12. The van der Waals surface area contributed by atoms with E-state index in [-0.39, 0.29) is 0 Å². The Hall–Kier alpha value is -1.11. The molecular formula is C16H22O. The van der Waals surface area contributed by atoms with Crippen molar-refractivity contribution < 1.29 is 4.79 Å². The second kappa shape index (κ2) is 5.48. The lowest BCUT2D eigenvalue weighted by atomic mass is 9.88. The number of aryl methyl sites for hydroxylation is 2. The number of aldehydes is 1. The average Bonchev–Trinajstić information content (AvgIpc) is 2.84. The Morgan fingerprint density at radius 2 is 1.94 bits per heavy atom. The molecule has 1 saturated carbocycles. The van der Waals surface area contributed by atoms with Gasteiger partial charge >= 0.3 is 0 Å². The standard InChI is InChI=1S/C16H22O/c1-3-13-10-12(2)16(11-15(13)8-9-17)14-6-4-5-7-14/h9-11,14H,3-8H2,1-2H3. The van der Waals surface area contributed by atoms with Gasteiger partial charge in [0.15, 0.2) is 0 Å². The summed E-state index contributed by atoms with van der Waals surface area (Å²) < 4.78 is 0. The van der Waals surface area contributed by atoms with E-state index in [1.165, 1.54) is 47.9 Å². The molecule has 92 valence electrons. The highest BCUT2D eigenvalue weighted by Gasteiger charge is 2.19. The Bertz CT molecular complexity index is 400. The monoisotopic (exact) mass is 230 g/mol. The van der Waals surface area contributed by atoms with Crippen LogP contribution in [0, 0.1) is 6.92 Å². The molecule has 1 aliphatic carbocycles. The fraction of sp³-hybridized carbons (Fsp3) is 0.562. The predicted molar refractivity (Wildman–Crippen MR) is 71.5 cm³/mol. The van der Waals surface area contributed by atoms with Crippen molar-refractivity contribution in [2.75, 3.05) is 0 Å². The maximum Gasteiger partial charge on any atom is 0.124 e. The van der Waals surface area contributed by atoms with Crippen LogP contribution in [0.25, 0.3) is 0 Å². The molecule has 1 aromatic carbocycles. The summed E-state index contributed by atoms with van der Waals surface area (Å²) in [6.07, 6.45) is 8.01. The van der Waals surface area contributed by atoms with E-state index >= 15 is 0 Å². The van der Waals surface area contributed by atoms with E-state index in [1.807, 2.05) is 0 Å². The minimum Gasteiger partial charge on any atom is -0.303 e.